The van der Waals surface area contributed by atoms with Crippen LogP contribution < -0.4 is 9.47 Å². The molecule has 152 valence electrons. The van der Waals surface area contributed by atoms with Crippen molar-refractivity contribution >= 4 is 5.97 Å². The third-order valence-electron chi connectivity index (χ3n) is 4.68. The molecule has 0 aromatic heterocycles. The molecule has 0 saturated heterocycles. The number of rotatable bonds is 9. The zero-order valence-corrected chi connectivity index (χ0v) is 17.7. The Balaban J connectivity index is 1.73. The standard InChI is InChI=1S/C24H32O4/c1-18(16-23(25)26-5)19-10-12-21(13-11-19)27-14-7-15-28-22-9-6-8-20(17-22)24(2,3)4/h6,8-13,17-18H,7,14-16H2,1-5H3. The molecule has 4 heteroatoms. The van der Waals surface area contributed by atoms with Crippen molar-refractivity contribution in [3.8, 4) is 11.5 Å². The highest BCUT2D eigenvalue weighted by atomic mass is 16.5. The van der Waals surface area contributed by atoms with E-state index in [9.17, 15) is 4.79 Å². The average molecular weight is 385 g/mol. The van der Waals surface area contributed by atoms with Gasteiger partial charge in [0.2, 0.25) is 0 Å². The Morgan fingerprint density at radius 1 is 0.964 bits per heavy atom. The van der Waals surface area contributed by atoms with E-state index in [1.165, 1.54) is 12.7 Å². The van der Waals surface area contributed by atoms with Crippen molar-refractivity contribution < 1.29 is 19.0 Å². The average Bonchev–Trinajstić information content (AvgIpc) is 2.67. The smallest absolute Gasteiger partial charge is 0.306 e. The Morgan fingerprint density at radius 3 is 2.21 bits per heavy atom. The lowest BCUT2D eigenvalue weighted by molar-refractivity contribution is -0.140. The van der Waals surface area contributed by atoms with Gasteiger partial charge in [0.05, 0.1) is 26.7 Å². The molecule has 0 radical (unpaired) electrons. The third kappa shape index (κ3) is 6.91. The minimum Gasteiger partial charge on any atom is -0.493 e. The number of methoxy groups -OCH3 is 1. The molecule has 0 N–H and O–H groups in total. The number of carbonyl (C=O) groups excluding carboxylic acids is 1. The van der Waals surface area contributed by atoms with Crippen LogP contribution in [0.1, 0.15) is 57.6 Å². The predicted molar refractivity (Wildman–Crippen MR) is 112 cm³/mol. The second-order valence-electron chi connectivity index (χ2n) is 8.08. The van der Waals surface area contributed by atoms with Crippen molar-refractivity contribution in [2.45, 2.75) is 51.9 Å². The minimum atomic E-state index is -0.194. The van der Waals surface area contributed by atoms with E-state index in [1.807, 2.05) is 43.3 Å². The van der Waals surface area contributed by atoms with E-state index in [-0.39, 0.29) is 17.3 Å². The highest BCUT2D eigenvalue weighted by Crippen LogP contribution is 2.26. The van der Waals surface area contributed by atoms with Crippen molar-refractivity contribution in [2.75, 3.05) is 20.3 Å². The van der Waals surface area contributed by atoms with Crippen molar-refractivity contribution in [2.24, 2.45) is 0 Å². The van der Waals surface area contributed by atoms with E-state index in [1.54, 1.807) is 0 Å². The van der Waals surface area contributed by atoms with Gasteiger partial charge in [0.15, 0.2) is 0 Å². The van der Waals surface area contributed by atoms with Crippen LogP contribution >= 0.6 is 0 Å². The van der Waals surface area contributed by atoms with Crippen LogP contribution in [0.5, 0.6) is 11.5 Å². The van der Waals surface area contributed by atoms with Crippen LogP contribution in [0.2, 0.25) is 0 Å². The second kappa shape index (κ2) is 10.2. The summed E-state index contributed by atoms with van der Waals surface area (Å²) < 4.78 is 16.4. The van der Waals surface area contributed by atoms with E-state index in [2.05, 4.69) is 32.9 Å². The quantitative estimate of drug-likeness (QED) is 0.423. The summed E-state index contributed by atoms with van der Waals surface area (Å²) in [6.45, 7) is 9.81. The zero-order valence-electron chi connectivity index (χ0n) is 17.7. The van der Waals surface area contributed by atoms with Crippen LogP contribution in [0, 0.1) is 0 Å². The molecule has 2 rings (SSSR count). The number of carbonyl (C=O) groups is 1. The minimum absolute atomic E-state index is 0.114. The molecule has 0 spiro atoms. The Morgan fingerprint density at radius 2 is 1.61 bits per heavy atom. The Labute approximate surface area is 168 Å². The summed E-state index contributed by atoms with van der Waals surface area (Å²) in [4.78, 5) is 11.4. The first kappa shape index (κ1) is 21.8. The summed E-state index contributed by atoms with van der Waals surface area (Å²) in [6, 6.07) is 16.1. The summed E-state index contributed by atoms with van der Waals surface area (Å²) in [5.41, 5.74) is 2.48. The second-order valence-corrected chi connectivity index (χ2v) is 8.08. The largest absolute Gasteiger partial charge is 0.493 e. The molecular formula is C24H32O4. The zero-order chi connectivity index (χ0) is 20.6. The molecule has 0 aliphatic carbocycles. The maximum atomic E-state index is 11.4. The molecule has 0 heterocycles. The van der Waals surface area contributed by atoms with Crippen molar-refractivity contribution in [3.63, 3.8) is 0 Å². The number of ether oxygens (including phenoxy) is 3. The highest BCUT2D eigenvalue weighted by molar-refractivity contribution is 5.70. The van der Waals surface area contributed by atoms with E-state index in [0.717, 1.165) is 23.5 Å². The molecule has 0 bridgehead atoms. The van der Waals surface area contributed by atoms with Crippen LogP contribution in [0.4, 0.5) is 0 Å². The van der Waals surface area contributed by atoms with Gasteiger partial charge in [-0.15, -0.1) is 0 Å². The normalized spacial score (nSPS) is 12.3. The maximum absolute atomic E-state index is 11.4. The summed E-state index contributed by atoms with van der Waals surface area (Å²) in [7, 11) is 1.41. The lowest BCUT2D eigenvalue weighted by atomic mass is 9.87. The van der Waals surface area contributed by atoms with Crippen LogP contribution in [0.15, 0.2) is 48.5 Å². The topological polar surface area (TPSA) is 44.8 Å². The number of benzene rings is 2. The number of hydrogen-bond acceptors (Lipinski definition) is 4. The fourth-order valence-corrected chi connectivity index (χ4v) is 2.84. The SMILES string of the molecule is COC(=O)CC(C)c1ccc(OCCCOc2cccc(C(C)(C)C)c2)cc1. The monoisotopic (exact) mass is 384 g/mol. The molecule has 1 atom stereocenters. The molecule has 0 amide bonds. The molecule has 2 aromatic rings. The fourth-order valence-electron chi connectivity index (χ4n) is 2.84. The lowest BCUT2D eigenvalue weighted by Crippen LogP contribution is -2.11. The van der Waals surface area contributed by atoms with Crippen molar-refractivity contribution in [3.05, 3.63) is 59.7 Å². The van der Waals surface area contributed by atoms with E-state index in [4.69, 9.17) is 14.2 Å². The molecule has 0 saturated carbocycles. The first-order valence-electron chi connectivity index (χ1n) is 9.82. The summed E-state index contributed by atoms with van der Waals surface area (Å²) in [5.74, 6) is 1.65. The van der Waals surface area contributed by atoms with E-state index in [0.29, 0.717) is 19.6 Å². The van der Waals surface area contributed by atoms with Gasteiger partial charge >= 0.3 is 5.97 Å². The van der Waals surface area contributed by atoms with Crippen LogP contribution in [-0.2, 0) is 14.9 Å². The van der Waals surface area contributed by atoms with Crippen LogP contribution in [0.3, 0.4) is 0 Å². The van der Waals surface area contributed by atoms with Crippen molar-refractivity contribution in [1.82, 2.24) is 0 Å². The third-order valence-corrected chi connectivity index (χ3v) is 4.68. The fraction of sp³-hybridized carbons (Fsp3) is 0.458. The molecule has 0 aliphatic heterocycles. The first-order valence-corrected chi connectivity index (χ1v) is 9.82. The molecule has 2 aromatic carbocycles. The van der Waals surface area contributed by atoms with Gasteiger partial charge in [0, 0.05) is 6.42 Å². The first-order chi connectivity index (χ1) is 13.3. The molecular weight excluding hydrogens is 352 g/mol. The molecule has 0 aliphatic rings. The molecule has 4 nitrogen and oxygen atoms in total. The predicted octanol–water partition coefficient (Wildman–Crippen LogP) is 5.50. The van der Waals surface area contributed by atoms with Gasteiger partial charge in [-0.3, -0.25) is 4.79 Å². The summed E-state index contributed by atoms with van der Waals surface area (Å²) in [6.07, 6.45) is 1.19. The van der Waals surface area contributed by atoms with Gasteiger partial charge in [0.1, 0.15) is 11.5 Å². The molecule has 28 heavy (non-hydrogen) atoms. The lowest BCUT2D eigenvalue weighted by Gasteiger charge is -2.19. The van der Waals surface area contributed by atoms with Gasteiger partial charge in [-0.1, -0.05) is 52.0 Å². The Bertz CT molecular complexity index is 744. The van der Waals surface area contributed by atoms with Gasteiger partial charge in [0.25, 0.3) is 0 Å². The van der Waals surface area contributed by atoms with Crippen LogP contribution in [0.25, 0.3) is 0 Å². The summed E-state index contributed by atoms with van der Waals surface area (Å²) >= 11 is 0. The Hall–Kier alpha value is -2.49. The number of hydrogen-bond donors (Lipinski definition) is 0. The molecule has 0 fully saturated rings. The maximum Gasteiger partial charge on any atom is 0.306 e. The van der Waals surface area contributed by atoms with Gasteiger partial charge in [-0.2, -0.15) is 0 Å². The van der Waals surface area contributed by atoms with E-state index >= 15 is 0 Å². The van der Waals surface area contributed by atoms with E-state index < -0.39 is 0 Å². The van der Waals surface area contributed by atoms with Crippen LogP contribution in [-0.4, -0.2) is 26.3 Å². The van der Waals surface area contributed by atoms with Gasteiger partial charge in [-0.05, 0) is 46.7 Å². The van der Waals surface area contributed by atoms with Gasteiger partial charge < -0.3 is 14.2 Å². The number of esters is 1. The van der Waals surface area contributed by atoms with Crippen molar-refractivity contribution in [1.29, 1.82) is 0 Å². The molecule has 1 unspecified atom stereocenters. The summed E-state index contributed by atoms with van der Waals surface area (Å²) in [5, 5.41) is 0. The highest BCUT2D eigenvalue weighted by Gasteiger charge is 2.14. The Kier molecular flexibility index (Phi) is 7.91. The van der Waals surface area contributed by atoms with Gasteiger partial charge in [-0.25, -0.2) is 0 Å².